The summed E-state index contributed by atoms with van der Waals surface area (Å²) in [5.41, 5.74) is 1.29. The van der Waals surface area contributed by atoms with Gasteiger partial charge in [0, 0.05) is 5.56 Å². The van der Waals surface area contributed by atoms with Crippen molar-refractivity contribution in [1.82, 2.24) is 5.32 Å². The van der Waals surface area contributed by atoms with Gasteiger partial charge in [0.25, 0.3) is 5.91 Å². The fourth-order valence-electron chi connectivity index (χ4n) is 2.09. The predicted molar refractivity (Wildman–Crippen MR) is 82.1 cm³/mol. The first-order chi connectivity index (χ1) is 11.0. The lowest BCUT2D eigenvalue weighted by Crippen LogP contribution is -2.33. The van der Waals surface area contributed by atoms with E-state index in [0.29, 0.717) is 16.7 Å². The molecule has 1 amide bonds. The molecule has 0 aromatic heterocycles. The van der Waals surface area contributed by atoms with Gasteiger partial charge >= 0.3 is 11.9 Å². The molecule has 0 bridgehead atoms. The smallest absolute Gasteiger partial charge is 0.330 e. The van der Waals surface area contributed by atoms with E-state index in [4.69, 9.17) is 5.11 Å². The number of nitrogens with one attached hydrogen (secondary N) is 1. The Morgan fingerprint density at radius 1 is 0.913 bits per heavy atom. The summed E-state index contributed by atoms with van der Waals surface area (Å²) in [4.78, 5) is 34.2. The Morgan fingerprint density at radius 3 is 2.04 bits per heavy atom. The van der Waals surface area contributed by atoms with Gasteiger partial charge in [0.2, 0.25) is 0 Å². The van der Waals surface area contributed by atoms with Crippen molar-refractivity contribution in [1.29, 1.82) is 0 Å². The Kier molecular flexibility index (Phi) is 5.09. The molecule has 0 radical (unpaired) electrons. The lowest BCUT2D eigenvalue weighted by Gasteiger charge is -2.15. The van der Waals surface area contributed by atoms with Gasteiger partial charge in [-0.15, -0.1) is 0 Å². The molecule has 0 spiro atoms. The standard InChI is InChI=1S/C17H15NO5/c19-14(20)10-11-6-8-12(9-7-11)15(17(22)23)18-16(21)13-4-2-1-3-5-13/h1-9,15H,10H2,(H,18,21)(H,19,20)(H,22,23). The van der Waals surface area contributed by atoms with E-state index in [2.05, 4.69) is 5.32 Å². The van der Waals surface area contributed by atoms with Gasteiger partial charge in [-0.05, 0) is 23.3 Å². The van der Waals surface area contributed by atoms with Crippen molar-refractivity contribution in [2.75, 3.05) is 0 Å². The molecule has 23 heavy (non-hydrogen) atoms. The molecular formula is C17H15NO5. The first kappa shape index (κ1) is 16.2. The number of benzene rings is 2. The second-order valence-corrected chi connectivity index (χ2v) is 4.92. The van der Waals surface area contributed by atoms with Crippen LogP contribution in [0.3, 0.4) is 0 Å². The van der Waals surface area contributed by atoms with Crippen LogP contribution >= 0.6 is 0 Å². The fraction of sp³-hybridized carbons (Fsp3) is 0.118. The Labute approximate surface area is 132 Å². The van der Waals surface area contributed by atoms with Crippen molar-refractivity contribution in [3.05, 3.63) is 71.3 Å². The lowest BCUT2D eigenvalue weighted by atomic mass is 10.0. The van der Waals surface area contributed by atoms with E-state index in [9.17, 15) is 19.5 Å². The van der Waals surface area contributed by atoms with Crippen molar-refractivity contribution < 1.29 is 24.6 Å². The minimum Gasteiger partial charge on any atom is -0.481 e. The molecule has 6 heteroatoms. The van der Waals surface area contributed by atoms with E-state index in [1.807, 2.05) is 0 Å². The zero-order valence-electron chi connectivity index (χ0n) is 12.1. The average molecular weight is 313 g/mol. The largest absolute Gasteiger partial charge is 0.481 e. The molecule has 6 nitrogen and oxygen atoms in total. The van der Waals surface area contributed by atoms with Crippen LogP contribution in [0.5, 0.6) is 0 Å². The molecule has 0 aliphatic carbocycles. The summed E-state index contributed by atoms with van der Waals surface area (Å²) in [5.74, 6) is -2.65. The van der Waals surface area contributed by atoms with E-state index in [-0.39, 0.29) is 6.42 Å². The third-order valence-corrected chi connectivity index (χ3v) is 3.23. The van der Waals surface area contributed by atoms with Crippen molar-refractivity contribution in [3.63, 3.8) is 0 Å². The predicted octanol–water partition coefficient (Wildman–Crippen LogP) is 1.87. The Balaban J connectivity index is 2.17. The van der Waals surface area contributed by atoms with Crippen LogP contribution in [0.2, 0.25) is 0 Å². The number of carboxylic acid groups (broad SMARTS) is 2. The molecule has 2 rings (SSSR count). The Hall–Kier alpha value is -3.15. The number of carbonyl (C=O) groups is 3. The highest BCUT2D eigenvalue weighted by Crippen LogP contribution is 2.16. The number of aliphatic carboxylic acids is 2. The molecule has 0 aliphatic rings. The molecule has 0 fully saturated rings. The van der Waals surface area contributed by atoms with Crippen LogP contribution in [0, 0.1) is 0 Å². The van der Waals surface area contributed by atoms with Crippen LogP contribution in [0.25, 0.3) is 0 Å². The third-order valence-electron chi connectivity index (χ3n) is 3.23. The average Bonchev–Trinajstić information content (AvgIpc) is 2.53. The van der Waals surface area contributed by atoms with Gasteiger partial charge in [-0.1, -0.05) is 42.5 Å². The Bertz CT molecular complexity index is 710. The van der Waals surface area contributed by atoms with E-state index in [1.54, 1.807) is 30.3 Å². The molecule has 0 saturated carbocycles. The van der Waals surface area contributed by atoms with Gasteiger partial charge in [0.1, 0.15) is 0 Å². The van der Waals surface area contributed by atoms with Gasteiger partial charge in [0.15, 0.2) is 6.04 Å². The summed E-state index contributed by atoms with van der Waals surface area (Å²) in [5, 5.41) is 20.5. The van der Waals surface area contributed by atoms with Crippen molar-refractivity contribution in [2.24, 2.45) is 0 Å². The number of amides is 1. The van der Waals surface area contributed by atoms with Gasteiger partial charge < -0.3 is 15.5 Å². The summed E-state index contributed by atoms with van der Waals surface area (Å²) in [6.45, 7) is 0. The SMILES string of the molecule is O=C(O)Cc1ccc(C(NC(=O)c2ccccc2)C(=O)O)cc1. The van der Waals surface area contributed by atoms with Crippen LogP contribution in [0.1, 0.15) is 27.5 Å². The summed E-state index contributed by atoms with van der Waals surface area (Å²) in [6, 6.07) is 13.2. The maximum Gasteiger partial charge on any atom is 0.330 e. The molecule has 1 unspecified atom stereocenters. The summed E-state index contributed by atoms with van der Waals surface area (Å²) >= 11 is 0. The van der Waals surface area contributed by atoms with Gasteiger partial charge in [-0.2, -0.15) is 0 Å². The third kappa shape index (κ3) is 4.41. The molecule has 0 heterocycles. The highest BCUT2D eigenvalue weighted by Gasteiger charge is 2.22. The van der Waals surface area contributed by atoms with Crippen LogP contribution in [0.4, 0.5) is 0 Å². The topological polar surface area (TPSA) is 104 Å². The molecule has 0 aliphatic heterocycles. The van der Waals surface area contributed by atoms with Crippen molar-refractivity contribution in [2.45, 2.75) is 12.5 Å². The maximum absolute atomic E-state index is 12.1. The molecule has 2 aromatic rings. The number of carboxylic acids is 2. The second-order valence-electron chi connectivity index (χ2n) is 4.92. The molecular weight excluding hydrogens is 298 g/mol. The maximum atomic E-state index is 12.1. The van der Waals surface area contributed by atoms with Crippen LogP contribution in [0.15, 0.2) is 54.6 Å². The van der Waals surface area contributed by atoms with Crippen LogP contribution in [-0.2, 0) is 16.0 Å². The van der Waals surface area contributed by atoms with E-state index in [0.717, 1.165) is 0 Å². The van der Waals surface area contributed by atoms with Gasteiger partial charge in [0.05, 0.1) is 6.42 Å². The van der Waals surface area contributed by atoms with Gasteiger partial charge in [-0.3, -0.25) is 9.59 Å². The lowest BCUT2D eigenvalue weighted by molar-refractivity contribution is -0.139. The first-order valence-corrected chi connectivity index (χ1v) is 6.86. The van der Waals surface area contributed by atoms with Crippen molar-refractivity contribution >= 4 is 17.8 Å². The zero-order valence-corrected chi connectivity index (χ0v) is 12.1. The monoisotopic (exact) mass is 313 g/mol. The van der Waals surface area contributed by atoms with E-state index in [1.165, 1.54) is 24.3 Å². The number of hydrogen-bond donors (Lipinski definition) is 3. The highest BCUT2D eigenvalue weighted by molar-refractivity contribution is 5.96. The number of hydrogen-bond acceptors (Lipinski definition) is 3. The number of rotatable bonds is 6. The minimum atomic E-state index is -1.21. The minimum absolute atomic E-state index is 0.144. The van der Waals surface area contributed by atoms with Crippen LogP contribution in [-0.4, -0.2) is 28.1 Å². The fourth-order valence-corrected chi connectivity index (χ4v) is 2.09. The molecule has 2 aromatic carbocycles. The van der Waals surface area contributed by atoms with E-state index < -0.39 is 23.9 Å². The Morgan fingerprint density at radius 2 is 1.52 bits per heavy atom. The molecule has 0 saturated heterocycles. The summed E-state index contributed by atoms with van der Waals surface area (Å²) in [7, 11) is 0. The van der Waals surface area contributed by atoms with Crippen molar-refractivity contribution in [3.8, 4) is 0 Å². The zero-order chi connectivity index (χ0) is 16.8. The van der Waals surface area contributed by atoms with Gasteiger partial charge in [-0.25, -0.2) is 4.79 Å². The van der Waals surface area contributed by atoms with E-state index >= 15 is 0 Å². The molecule has 118 valence electrons. The first-order valence-electron chi connectivity index (χ1n) is 6.86. The molecule has 3 N–H and O–H groups in total. The van der Waals surface area contributed by atoms with Crippen LogP contribution < -0.4 is 5.32 Å². The number of carbonyl (C=O) groups excluding carboxylic acids is 1. The summed E-state index contributed by atoms with van der Waals surface area (Å²) < 4.78 is 0. The normalized spacial score (nSPS) is 11.5. The molecule has 1 atom stereocenters. The second kappa shape index (κ2) is 7.22. The quantitative estimate of drug-likeness (QED) is 0.755. The highest BCUT2D eigenvalue weighted by atomic mass is 16.4. The summed E-state index contributed by atoms with van der Waals surface area (Å²) in [6.07, 6.45) is -0.144.